The average Bonchev–Trinajstić information content (AvgIpc) is 2.88. The van der Waals surface area contributed by atoms with E-state index in [-0.39, 0.29) is 18.0 Å². The lowest BCUT2D eigenvalue weighted by Crippen LogP contribution is -2.41. The largest absolute Gasteiger partial charge is 0.478 e. The number of nitriles is 1. The molecule has 192 valence electrons. The van der Waals surface area contributed by atoms with Crippen LogP contribution in [0.15, 0.2) is 66.7 Å². The molecule has 0 bridgehead atoms. The number of hydrogen-bond donors (Lipinski definition) is 3. The van der Waals surface area contributed by atoms with Crippen molar-refractivity contribution >= 4 is 35.8 Å². The highest BCUT2D eigenvalue weighted by atomic mass is 35.5. The summed E-state index contributed by atoms with van der Waals surface area (Å²) in [5, 5.41) is 24.7. The Balaban J connectivity index is 0.00000380. The quantitative estimate of drug-likeness (QED) is 0.344. The molecular weight excluding hydrogens is 488 g/mol. The number of nitrogens with zero attached hydrogens (tertiary/aromatic N) is 2. The number of piperidine rings is 1. The number of benzene rings is 3. The molecule has 0 aliphatic carbocycles. The highest BCUT2D eigenvalue weighted by Crippen LogP contribution is 2.30. The van der Waals surface area contributed by atoms with E-state index < -0.39 is 12.0 Å². The number of urea groups is 1. The van der Waals surface area contributed by atoms with Gasteiger partial charge < -0.3 is 15.7 Å². The third-order valence-corrected chi connectivity index (χ3v) is 6.66. The van der Waals surface area contributed by atoms with Gasteiger partial charge in [-0.05, 0) is 68.1 Å². The molecule has 7 nitrogen and oxygen atoms in total. The van der Waals surface area contributed by atoms with Gasteiger partial charge in [0.2, 0.25) is 0 Å². The van der Waals surface area contributed by atoms with Crippen LogP contribution in [0.5, 0.6) is 0 Å². The zero-order chi connectivity index (χ0) is 25.5. The van der Waals surface area contributed by atoms with Gasteiger partial charge in [0.15, 0.2) is 0 Å². The van der Waals surface area contributed by atoms with E-state index in [0.717, 1.165) is 37.8 Å². The predicted octanol–water partition coefficient (Wildman–Crippen LogP) is 6.23. The fourth-order valence-corrected chi connectivity index (χ4v) is 4.83. The molecule has 0 spiro atoms. The first kappa shape index (κ1) is 27.7. The number of aromatic carboxylic acids is 1. The molecule has 0 radical (unpaired) electrons. The molecule has 0 saturated carbocycles. The number of carboxylic acid groups (broad SMARTS) is 1. The highest BCUT2D eigenvalue weighted by molar-refractivity contribution is 6.02. The molecule has 1 heterocycles. The van der Waals surface area contributed by atoms with Gasteiger partial charge >= 0.3 is 12.0 Å². The smallest absolute Gasteiger partial charge is 0.336 e. The SMILES string of the molecule is Cc1ccc(C(=O)O)c(CN2CCCCC2Cc2ccccc2)c1NC(=O)Nc1cccc(C#N)c1.Cl. The number of halogens is 1. The van der Waals surface area contributed by atoms with Crippen LogP contribution in [0, 0.1) is 18.3 Å². The van der Waals surface area contributed by atoms with Crippen LogP contribution in [0.3, 0.4) is 0 Å². The van der Waals surface area contributed by atoms with E-state index in [1.165, 1.54) is 5.56 Å². The first-order valence-corrected chi connectivity index (χ1v) is 12.2. The summed E-state index contributed by atoms with van der Waals surface area (Å²) in [5.41, 5.74) is 4.26. The van der Waals surface area contributed by atoms with Crippen molar-refractivity contribution in [3.63, 3.8) is 0 Å². The molecule has 1 atom stereocenters. The van der Waals surface area contributed by atoms with E-state index in [2.05, 4.69) is 33.7 Å². The maximum Gasteiger partial charge on any atom is 0.336 e. The fourth-order valence-electron chi connectivity index (χ4n) is 4.83. The van der Waals surface area contributed by atoms with E-state index in [9.17, 15) is 14.7 Å². The van der Waals surface area contributed by atoms with Crippen LogP contribution in [-0.2, 0) is 13.0 Å². The number of carboxylic acids is 1. The minimum Gasteiger partial charge on any atom is -0.478 e. The monoisotopic (exact) mass is 518 g/mol. The van der Waals surface area contributed by atoms with Crippen LogP contribution >= 0.6 is 12.4 Å². The molecule has 8 heteroatoms. The molecule has 3 aromatic rings. The number of likely N-dealkylation sites (tertiary alicyclic amines) is 1. The highest BCUT2D eigenvalue weighted by Gasteiger charge is 2.26. The summed E-state index contributed by atoms with van der Waals surface area (Å²) in [5.74, 6) is -1.02. The van der Waals surface area contributed by atoms with Gasteiger partial charge in [0.05, 0.1) is 22.9 Å². The molecule has 3 aromatic carbocycles. The fraction of sp³-hybridized carbons (Fsp3) is 0.276. The van der Waals surface area contributed by atoms with Crippen molar-refractivity contribution in [2.24, 2.45) is 0 Å². The van der Waals surface area contributed by atoms with Crippen LogP contribution < -0.4 is 10.6 Å². The molecule has 1 aliphatic rings. The summed E-state index contributed by atoms with van der Waals surface area (Å²) in [6.07, 6.45) is 4.13. The van der Waals surface area contributed by atoms with E-state index in [1.807, 2.05) is 25.1 Å². The number of anilines is 2. The number of aryl methyl sites for hydroxylation is 1. The van der Waals surface area contributed by atoms with Gasteiger partial charge in [0.25, 0.3) is 0 Å². The lowest BCUT2D eigenvalue weighted by atomic mass is 9.93. The number of rotatable bonds is 7. The molecule has 3 N–H and O–H groups in total. The lowest BCUT2D eigenvalue weighted by Gasteiger charge is -2.37. The maximum atomic E-state index is 12.9. The number of carbonyl (C=O) groups excluding carboxylic acids is 1. The van der Waals surface area contributed by atoms with Gasteiger partial charge in [-0.1, -0.05) is 48.9 Å². The van der Waals surface area contributed by atoms with Gasteiger partial charge in [-0.2, -0.15) is 5.26 Å². The molecule has 37 heavy (non-hydrogen) atoms. The van der Waals surface area contributed by atoms with Gasteiger partial charge in [-0.3, -0.25) is 4.90 Å². The molecular formula is C29H31ClN4O3. The molecule has 1 saturated heterocycles. The third kappa shape index (κ3) is 7.10. The Labute approximate surface area is 223 Å². The second-order valence-corrected chi connectivity index (χ2v) is 9.17. The minimum absolute atomic E-state index is 0. The van der Waals surface area contributed by atoms with Crippen molar-refractivity contribution in [1.82, 2.24) is 4.90 Å². The molecule has 0 aromatic heterocycles. The predicted molar refractivity (Wildman–Crippen MR) is 147 cm³/mol. The van der Waals surface area contributed by atoms with Crippen molar-refractivity contribution < 1.29 is 14.7 Å². The van der Waals surface area contributed by atoms with Gasteiger partial charge in [0, 0.05) is 23.8 Å². The van der Waals surface area contributed by atoms with E-state index in [0.29, 0.717) is 35.1 Å². The van der Waals surface area contributed by atoms with Crippen LogP contribution in [0.4, 0.5) is 16.2 Å². The summed E-state index contributed by atoms with van der Waals surface area (Å²) in [7, 11) is 0. The minimum atomic E-state index is -1.02. The Hall–Kier alpha value is -3.86. The molecule has 2 amide bonds. The van der Waals surface area contributed by atoms with E-state index in [4.69, 9.17) is 5.26 Å². The Morgan fingerprint density at radius 2 is 1.84 bits per heavy atom. The Bertz CT molecular complexity index is 1290. The summed E-state index contributed by atoms with van der Waals surface area (Å²) in [4.78, 5) is 27.4. The topological polar surface area (TPSA) is 105 Å². The zero-order valence-corrected chi connectivity index (χ0v) is 21.6. The normalized spacial score (nSPS) is 15.2. The summed E-state index contributed by atoms with van der Waals surface area (Å²) < 4.78 is 0. The summed E-state index contributed by atoms with van der Waals surface area (Å²) >= 11 is 0. The second-order valence-electron chi connectivity index (χ2n) is 9.17. The number of nitrogens with one attached hydrogen (secondary N) is 2. The zero-order valence-electron chi connectivity index (χ0n) is 20.7. The average molecular weight is 519 g/mol. The Kier molecular flexibility index (Phi) is 9.67. The number of carbonyl (C=O) groups is 2. The van der Waals surface area contributed by atoms with Crippen molar-refractivity contribution in [3.05, 3.63) is 94.5 Å². The lowest BCUT2D eigenvalue weighted by molar-refractivity contribution is 0.0692. The Morgan fingerprint density at radius 1 is 1.05 bits per heavy atom. The van der Waals surface area contributed by atoms with Gasteiger partial charge in [-0.15, -0.1) is 12.4 Å². The number of hydrogen-bond acceptors (Lipinski definition) is 4. The molecule has 1 aliphatic heterocycles. The summed E-state index contributed by atoms with van der Waals surface area (Å²) in [6, 6.07) is 22.2. The van der Waals surface area contributed by atoms with E-state index >= 15 is 0 Å². The van der Waals surface area contributed by atoms with E-state index in [1.54, 1.807) is 36.4 Å². The van der Waals surface area contributed by atoms with Crippen molar-refractivity contribution in [2.75, 3.05) is 17.2 Å². The molecule has 1 unspecified atom stereocenters. The van der Waals surface area contributed by atoms with Crippen LogP contribution in [-0.4, -0.2) is 34.6 Å². The van der Waals surface area contributed by atoms with Crippen molar-refractivity contribution in [1.29, 1.82) is 5.26 Å². The summed E-state index contributed by atoms with van der Waals surface area (Å²) in [6.45, 7) is 3.16. The first-order valence-electron chi connectivity index (χ1n) is 12.2. The van der Waals surface area contributed by atoms with Crippen molar-refractivity contribution in [3.8, 4) is 6.07 Å². The van der Waals surface area contributed by atoms with Crippen LogP contribution in [0.2, 0.25) is 0 Å². The van der Waals surface area contributed by atoms with Crippen LogP contribution in [0.1, 0.15) is 51.9 Å². The third-order valence-electron chi connectivity index (χ3n) is 6.66. The number of amides is 2. The van der Waals surface area contributed by atoms with Gasteiger partial charge in [-0.25, -0.2) is 9.59 Å². The molecule has 1 fully saturated rings. The Morgan fingerprint density at radius 3 is 2.57 bits per heavy atom. The maximum absolute atomic E-state index is 12.9. The second kappa shape index (κ2) is 12.9. The van der Waals surface area contributed by atoms with Crippen molar-refractivity contribution in [2.45, 2.75) is 45.2 Å². The molecule has 4 rings (SSSR count). The standard InChI is InChI=1S/C29H30N4O3.ClH/c1-20-13-14-25(28(34)35)26(27(20)32-29(36)31-23-11-7-10-22(16-23)18-30)19-33-15-6-5-12-24(33)17-21-8-3-2-4-9-21;/h2-4,7-11,13-14,16,24H,5-6,12,15,17,19H2,1H3,(H,34,35)(H2,31,32,36);1H. The first-order chi connectivity index (χ1) is 17.4. The van der Waals surface area contributed by atoms with Crippen LogP contribution in [0.25, 0.3) is 0 Å². The van der Waals surface area contributed by atoms with Gasteiger partial charge in [0.1, 0.15) is 0 Å².